The lowest BCUT2D eigenvalue weighted by atomic mass is 10.1. The molecule has 0 saturated heterocycles. The van der Waals surface area contributed by atoms with Crippen molar-refractivity contribution in [3.05, 3.63) is 61.1 Å². The summed E-state index contributed by atoms with van der Waals surface area (Å²) in [5.41, 5.74) is 7.72. The first-order valence-electron chi connectivity index (χ1n) is 10.1. The van der Waals surface area contributed by atoms with E-state index in [1.54, 1.807) is 5.38 Å². The van der Waals surface area contributed by atoms with Crippen LogP contribution in [0.1, 0.15) is 31.3 Å². The van der Waals surface area contributed by atoms with Gasteiger partial charge in [0, 0.05) is 24.7 Å². The van der Waals surface area contributed by atoms with Gasteiger partial charge in [-0.25, -0.2) is 9.78 Å². The van der Waals surface area contributed by atoms with E-state index in [-0.39, 0.29) is 29.6 Å². The number of rotatable bonds is 7. The van der Waals surface area contributed by atoms with Crippen LogP contribution in [-0.4, -0.2) is 20.0 Å². The summed E-state index contributed by atoms with van der Waals surface area (Å²) in [6.07, 6.45) is 1.01. The van der Waals surface area contributed by atoms with Crippen LogP contribution in [0.5, 0.6) is 0 Å². The van der Waals surface area contributed by atoms with E-state index in [0.717, 1.165) is 16.7 Å². The second-order valence-corrected chi connectivity index (χ2v) is 8.76. The van der Waals surface area contributed by atoms with Gasteiger partial charge in [-0.05, 0) is 30.0 Å². The molecule has 0 aliphatic carbocycles. The zero-order chi connectivity index (χ0) is 22.7. The normalized spacial score (nSPS) is 11.1. The molecular weight excluding hydrogens is 414 g/mol. The first-order valence-corrected chi connectivity index (χ1v) is 11.0. The van der Waals surface area contributed by atoms with E-state index in [9.17, 15) is 14.4 Å². The summed E-state index contributed by atoms with van der Waals surface area (Å²) in [7, 11) is 1.43. The van der Waals surface area contributed by atoms with Crippen LogP contribution in [0.4, 0.5) is 11.5 Å². The number of benzene rings is 1. The topological polar surface area (TPSA) is 112 Å². The van der Waals surface area contributed by atoms with Crippen molar-refractivity contribution in [1.82, 2.24) is 14.1 Å². The minimum atomic E-state index is -0.500. The van der Waals surface area contributed by atoms with Crippen LogP contribution in [0.15, 0.2) is 39.2 Å². The number of carbonyl (C=O) groups is 1. The fourth-order valence-electron chi connectivity index (χ4n) is 3.24. The van der Waals surface area contributed by atoms with Gasteiger partial charge in [0.2, 0.25) is 5.91 Å². The van der Waals surface area contributed by atoms with Crippen molar-refractivity contribution in [2.45, 2.75) is 40.2 Å². The highest BCUT2D eigenvalue weighted by molar-refractivity contribution is 7.10. The van der Waals surface area contributed by atoms with Gasteiger partial charge in [-0.2, -0.15) is 0 Å². The Kier molecular flexibility index (Phi) is 6.74. The van der Waals surface area contributed by atoms with Gasteiger partial charge in [0.15, 0.2) is 0 Å². The Balaban J connectivity index is 1.84. The molecule has 9 heteroatoms. The lowest BCUT2D eigenvalue weighted by Crippen LogP contribution is -2.41. The maximum atomic E-state index is 12.7. The molecule has 0 bridgehead atoms. The second-order valence-electron chi connectivity index (χ2n) is 7.81. The molecule has 0 fully saturated rings. The summed E-state index contributed by atoms with van der Waals surface area (Å²) in [4.78, 5) is 42.1. The van der Waals surface area contributed by atoms with Crippen LogP contribution in [0.25, 0.3) is 11.3 Å². The van der Waals surface area contributed by atoms with Crippen molar-refractivity contribution in [3.8, 4) is 11.3 Å². The van der Waals surface area contributed by atoms with Crippen LogP contribution in [-0.2, 0) is 31.2 Å². The molecule has 2 aromatic heterocycles. The van der Waals surface area contributed by atoms with E-state index >= 15 is 0 Å². The number of nitrogens with two attached hydrogens (primary N) is 1. The van der Waals surface area contributed by atoms with E-state index in [4.69, 9.17) is 5.73 Å². The molecule has 0 unspecified atom stereocenters. The first kappa shape index (κ1) is 22.5. The Bertz CT molecular complexity index is 1210. The van der Waals surface area contributed by atoms with E-state index in [1.807, 2.05) is 38.1 Å². The quantitative estimate of drug-likeness (QED) is 0.585. The van der Waals surface area contributed by atoms with Gasteiger partial charge in [-0.3, -0.25) is 18.7 Å². The molecule has 2 heterocycles. The lowest BCUT2D eigenvalue weighted by Gasteiger charge is -2.15. The molecule has 0 spiro atoms. The monoisotopic (exact) mass is 441 g/mol. The number of nitrogens with zero attached hydrogens (tertiary/aromatic N) is 3. The third-order valence-corrected chi connectivity index (χ3v) is 5.75. The summed E-state index contributed by atoms with van der Waals surface area (Å²) in [6.45, 7) is 6.39. The van der Waals surface area contributed by atoms with Gasteiger partial charge in [-0.15, -0.1) is 11.3 Å². The third kappa shape index (κ3) is 4.93. The fourth-order valence-corrected chi connectivity index (χ4v) is 4.02. The number of thiazole rings is 1. The number of nitrogens with one attached hydrogen (secondary N) is 1. The minimum absolute atomic E-state index is 0.0754. The van der Waals surface area contributed by atoms with Gasteiger partial charge in [0.05, 0.1) is 12.1 Å². The molecule has 0 saturated carbocycles. The van der Waals surface area contributed by atoms with Crippen LogP contribution in [0.3, 0.4) is 0 Å². The number of nitrogen functional groups attached to an aromatic ring is 1. The maximum absolute atomic E-state index is 12.7. The zero-order valence-corrected chi connectivity index (χ0v) is 19.0. The number of aryl methyl sites for hydroxylation is 1. The van der Waals surface area contributed by atoms with Gasteiger partial charge < -0.3 is 11.1 Å². The Hall–Kier alpha value is -3.20. The second kappa shape index (κ2) is 9.30. The van der Waals surface area contributed by atoms with Crippen LogP contribution in [0.2, 0.25) is 0 Å². The highest BCUT2D eigenvalue weighted by atomic mass is 32.1. The number of anilines is 2. The van der Waals surface area contributed by atoms with Crippen LogP contribution in [0, 0.1) is 5.92 Å². The molecule has 3 rings (SSSR count). The lowest BCUT2D eigenvalue weighted by molar-refractivity contribution is -0.115. The molecule has 3 aromatic rings. The number of hydrogen-bond donors (Lipinski definition) is 2. The van der Waals surface area contributed by atoms with E-state index < -0.39 is 11.2 Å². The molecule has 31 heavy (non-hydrogen) atoms. The van der Waals surface area contributed by atoms with Gasteiger partial charge in [0.1, 0.15) is 16.4 Å². The van der Waals surface area contributed by atoms with Gasteiger partial charge in [0.25, 0.3) is 5.56 Å². The molecule has 0 aliphatic rings. The van der Waals surface area contributed by atoms with E-state index in [2.05, 4.69) is 17.2 Å². The highest BCUT2D eigenvalue weighted by Crippen LogP contribution is 2.24. The Morgan fingerprint density at radius 3 is 2.52 bits per heavy atom. The number of amides is 1. The largest absolute Gasteiger partial charge is 0.384 e. The standard InChI is InChI=1S/C22H27N5O3S/c1-5-14-6-8-15(9-7-14)24-17(28)10-18-25-16(12-31-18)19-20(23)27(11-13(2)3)22(30)26(4)21(19)29/h6-9,12-13H,5,10-11,23H2,1-4H3,(H,24,28). The van der Waals surface area contributed by atoms with Crippen LogP contribution >= 0.6 is 11.3 Å². The molecule has 0 aliphatic heterocycles. The smallest absolute Gasteiger partial charge is 0.332 e. The summed E-state index contributed by atoms with van der Waals surface area (Å²) >= 11 is 1.27. The molecule has 8 nitrogen and oxygen atoms in total. The summed E-state index contributed by atoms with van der Waals surface area (Å²) in [5, 5.41) is 5.10. The van der Waals surface area contributed by atoms with E-state index in [0.29, 0.717) is 17.2 Å². The summed E-state index contributed by atoms with van der Waals surface area (Å²) in [6, 6.07) is 7.68. The molecular formula is C22H27N5O3S. The summed E-state index contributed by atoms with van der Waals surface area (Å²) in [5.74, 6) is 0.0707. The van der Waals surface area contributed by atoms with Crippen molar-refractivity contribution in [2.24, 2.45) is 13.0 Å². The third-order valence-electron chi connectivity index (χ3n) is 4.90. The number of hydrogen-bond acceptors (Lipinski definition) is 6. The average Bonchev–Trinajstić information content (AvgIpc) is 3.18. The number of carbonyl (C=O) groups excluding carboxylic acids is 1. The molecule has 0 atom stereocenters. The van der Waals surface area contributed by atoms with Gasteiger partial charge >= 0.3 is 5.69 Å². The maximum Gasteiger partial charge on any atom is 0.332 e. The van der Waals surface area contributed by atoms with E-state index in [1.165, 1.54) is 28.5 Å². The molecule has 1 amide bonds. The molecule has 3 N–H and O–H groups in total. The SMILES string of the molecule is CCc1ccc(NC(=O)Cc2nc(-c3c(N)n(CC(C)C)c(=O)n(C)c3=O)cs2)cc1. The average molecular weight is 442 g/mol. The Labute approximate surface area is 184 Å². The highest BCUT2D eigenvalue weighted by Gasteiger charge is 2.20. The summed E-state index contributed by atoms with van der Waals surface area (Å²) < 4.78 is 2.44. The predicted octanol–water partition coefficient (Wildman–Crippen LogP) is 2.65. The van der Waals surface area contributed by atoms with Crippen LogP contribution < -0.4 is 22.3 Å². The fraction of sp³-hybridized carbons (Fsp3) is 0.364. The van der Waals surface area contributed by atoms with Crippen molar-refractivity contribution in [3.63, 3.8) is 0 Å². The first-order chi connectivity index (χ1) is 14.7. The van der Waals surface area contributed by atoms with Crippen molar-refractivity contribution < 1.29 is 4.79 Å². The molecule has 0 radical (unpaired) electrons. The molecule has 164 valence electrons. The Morgan fingerprint density at radius 2 is 1.90 bits per heavy atom. The number of aromatic nitrogens is 3. The van der Waals surface area contributed by atoms with Crippen molar-refractivity contribution >= 4 is 28.7 Å². The van der Waals surface area contributed by atoms with Crippen molar-refractivity contribution in [1.29, 1.82) is 0 Å². The Morgan fingerprint density at radius 1 is 1.23 bits per heavy atom. The molecule has 1 aromatic carbocycles. The van der Waals surface area contributed by atoms with Gasteiger partial charge in [-0.1, -0.05) is 32.9 Å². The minimum Gasteiger partial charge on any atom is -0.384 e. The zero-order valence-electron chi connectivity index (χ0n) is 18.1. The van der Waals surface area contributed by atoms with Crippen molar-refractivity contribution in [2.75, 3.05) is 11.1 Å². The predicted molar refractivity (Wildman–Crippen MR) is 124 cm³/mol.